The maximum absolute atomic E-state index is 12.6. The average molecular weight is 326 g/mol. The lowest BCUT2D eigenvalue weighted by atomic mass is 10.2. The van der Waals surface area contributed by atoms with E-state index in [0.29, 0.717) is 36.3 Å². The van der Waals surface area contributed by atoms with E-state index in [-0.39, 0.29) is 11.5 Å². The van der Waals surface area contributed by atoms with Crippen LogP contribution in [0, 0.1) is 0 Å². The molecule has 1 aliphatic heterocycles. The summed E-state index contributed by atoms with van der Waals surface area (Å²) in [5, 5.41) is 1.89. The summed E-state index contributed by atoms with van der Waals surface area (Å²) in [5.74, 6) is 0.697. The SMILES string of the molecule is O=C(c1cccnc1)N1CCc2nc3ccsc3c(=O)n2CC1. The number of pyridine rings is 1. The first-order valence-corrected chi connectivity index (χ1v) is 8.28. The van der Waals surface area contributed by atoms with Gasteiger partial charge in [-0.15, -0.1) is 11.3 Å². The van der Waals surface area contributed by atoms with Crippen molar-refractivity contribution in [1.29, 1.82) is 0 Å². The molecule has 0 unspecified atom stereocenters. The summed E-state index contributed by atoms with van der Waals surface area (Å²) in [5.41, 5.74) is 1.31. The minimum absolute atomic E-state index is 0.00400. The van der Waals surface area contributed by atoms with Crippen molar-refractivity contribution in [3.8, 4) is 0 Å². The summed E-state index contributed by atoms with van der Waals surface area (Å²) >= 11 is 1.41. The van der Waals surface area contributed by atoms with Crippen LogP contribution in [-0.4, -0.2) is 38.4 Å². The summed E-state index contributed by atoms with van der Waals surface area (Å²) in [6.07, 6.45) is 3.79. The molecule has 0 atom stereocenters. The third-order valence-corrected chi connectivity index (χ3v) is 4.93. The maximum Gasteiger partial charge on any atom is 0.271 e. The lowest BCUT2D eigenvalue weighted by molar-refractivity contribution is 0.0758. The Labute approximate surface area is 136 Å². The molecule has 0 aliphatic carbocycles. The molecule has 0 N–H and O–H groups in total. The molecule has 0 spiro atoms. The quantitative estimate of drug-likeness (QED) is 0.680. The van der Waals surface area contributed by atoms with Crippen molar-refractivity contribution in [2.75, 3.05) is 13.1 Å². The van der Waals surface area contributed by atoms with Gasteiger partial charge in [-0.05, 0) is 23.6 Å². The van der Waals surface area contributed by atoms with Gasteiger partial charge in [0.05, 0.1) is 11.1 Å². The number of rotatable bonds is 1. The molecule has 1 amide bonds. The number of hydrogen-bond acceptors (Lipinski definition) is 5. The van der Waals surface area contributed by atoms with E-state index in [1.807, 2.05) is 11.4 Å². The van der Waals surface area contributed by atoms with E-state index in [2.05, 4.69) is 9.97 Å². The van der Waals surface area contributed by atoms with Crippen LogP contribution in [0.2, 0.25) is 0 Å². The fourth-order valence-corrected chi connectivity index (χ4v) is 3.63. The number of carbonyl (C=O) groups is 1. The second-order valence-electron chi connectivity index (χ2n) is 5.40. The van der Waals surface area contributed by atoms with Crippen molar-refractivity contribution in [1.82, 2.24) is 19.4 Å². The average Bonchev–Trinajstić information content (AvgIpc) is 2.95. The lowest BCUT2D eigenvalue weighted by Gasteiger charge is -2.19. The monoisotopic (exact) mass is 326 g/mol. The maximum atomic E-state index is 12.6. The standard InChI is InChI=1S/C16H14N4O2S/c21-15(11-2-1-5-17-10-11)19-6-3-13-18-12-4-9-23-14(12)16(22)20(13)8-7-19/h1-2,4-5,9-10H,3,6-8H2. The highest BCUT2D eigenvalue weighted by Crippen LogP contribution is 2.17. The van der Waals surface area contributed by atoms with Gasteiger partial charge in [-0.25, -0.2) is 4.98 Å². The zero-order chi connectivity index (χ0) is 15.8. The fraction of sp³-hybridized carbons (Fsp3) is 0.250. The Morgan fingerprint density at radius 2 is 2.13 bits per heavy atom. The normalized spacial score (nSPS) is 14.5. The number of amides is 1. The zero-order valence-electron chi connectivity index (χ0n) is 12.3. The van der Waals surface area contributed by atoms with Gasteiger partial charge in [-0.1, -0.05) is 0 Å². The van der Waals surface area contributed by atoms with Crippen molar-refractivity contribution < 1.29 is 4.79 Å². The number of aromatic nitrogens is 3. The second kappa shape index (κ2) is 5.58. The van der Waals surface area contributed by atoms with Crippen LogP contribution in [0.5, 0.6) is 0 Å². The Balaban J connectivity index is 1.65. The van der Waals surface area contributed by atoms with Crippen LogP contribution in [0.4, 0.5) is 0 Å². The van der Waals surface area contributed by atoms with Gasteiger partial charge in [0.25, 0.3) is 11.5 Å². The predicted octanol–water partition coefficient (Wildman–Crippen LogP) is 1.55. The van der Waals surface area contributed by atoms with Gasteiger partial charge in [-0.3, -0.25) is 19.1 Å². The first-order chi connectivity index (χ1) is 11.2. The number of fused-ring (bicyclic) bond motifs is 2. The molecule has 4 rings (SSSR count). The van der Waals surface area contributed by atoms with Gasteiger partial charge >= 0.3 is 0 Å². The number of hydrogen-bond donors (Lipinski definition) is 0. The molecule has 0 saturated carbocycles. The molecular formula is C16H14N4O2S. The van der Waals surface area contributed by atoms with Crippen LogP contribution in [0.25, 0.3) is 10.2 Å². The molecule has 0 radical (unpaired) electrons. The van der Waals surface area contributed by atoms with Crippen molar-refractivity contribution in [2.45, 2.75) is 13.0 Å². The first kappa shape index (κ1) is 14.1. The first-order valence-electron chi connectivity index (χ1n) is 7.40. The van der Waals surface area contributed by atoms with Gasteiger partial charge in [0, 0.05) is 38.4 Å². The fourth-order valence-electron chi connectivity index (χ4n) is 2.85. The van der Waals surface area contributed by atoms with Crippen LogP contribution in [0.15, 0.2) is 40.8 Å². The summed E-state index contributed by atoms with van der Waals surface area (Å²) in [4.78, 5) is 35.4. The Bertz CT molecular complexity index is 932. The molecule has 0 saturated heterocycles. The summed E-state index contributed by atoms with van der Waals surface area (Å²) in [6.45, 7) is 1.52. The van der Waals surface area contributed by atoms with E-state index >= 15 is 0 Å². The van der Waals surface area contributed by atoms with E-state index in [4.69, 9.17) is 0 Å². The van der Waals surface area contributed by atoms with Crippen molar-refractivity contribution >= 4 is 27.5 Å². The number of thiophene rings is 1. The van der Waals surface area contributed by atoms with Crippen molar-refractivity contribution in [3.63, 3.8) is 0 Å². The molecular weight excluding hydrogens is 312 g/mol. The van der Waals surface area contributed by atoms with Crippen LogP contribution >= 0.6 is 11.3 Å². The lowest BCUT2D eigenvalue weighted by Crippen LogP contribution is -2.34. The van der Waals surface area contributed by atoms with Crippen LogP contribution in [0.3, 0.4) is 0 Å². The van der Waals surface area contributed by atoms with Crippen LogP contribution in [0.1, 0.15) is 16.2 Å². The molecule has 6 nitrogen and oxygen atoms in total. The van der Waals surface area contributed by atoms with Gasteiger partial charge in [0.15, 0.2) is 0 Å². The van der Waals surface area contributed by atoms with Gasteiger partial charge < -0.3 is 4.90 Å². The van der Waals surface area contributed by atoms with Crippen molar-refractivity contribution in [2.24, 2.45) is 0 Å². The Hall–Kier alpha value is -2.54. The molecule has 23 heavy (non-hydrogen) atoms. The van der Waals surface area contributed by atoms with E-state index in [9.17, 15) is 9.59 Å². The molecule has 7 heteroatoms. The predicted molar refractivity (Wildman–Crippen MR) is 87.7 cm³/mol. The van der Waals surface area contributed by atoms with E-state index in [0.717, 1.165) is 11.3 Å². The Morgan fingerprint density at radius 3 is 2.96 bits per heavy atom. The molecule has 4 heterocycles. The number of carbonyl (C=O) groups excluding carboxylic acids is 1. The molecule has 0 aromatic carbocycles. The molecule has 116 valence electrons. The van der Waals surface area contributed by atoms with E-state index in [1.54, 1.807) is 34.0 Å². The minimum atomic E-state index is -0.0548. The summed E-state index contributed by atoms with van der Waals surface area (Å²) < 4.78 is 2.39. The summed E-state index contributed by atoms with van der Waals surface area (Å²) in [7, 11) is 0. The van der Waals surface area contributed by atoms with Gasteiger partial charge in [0.2, 0.25) is 0 Å². The minimum Gasteiger partial charge on any atom is -0.336 e. The molecule has 0 bridgehead atoms. The zero-order valence-corrected chi connectivity index (χ0v) is 13.1. The Morgan fingerprint density at radius 1 is 1.22 bits per heavy atom. The van der Waals surface area contributed by atoms with E-state index < -0.39 is 0 Å². The molecule has 3 aromatic rings. The highest BCUT2D eigenvalue weighted by molar-refractivity contribution is 7.17. The largest absolute Gasteiger partial charge is 0.336 e. The summed E-state index contributed by atoms with van der Waals surface area (Å²) in [6, 6.07) is 5.37. The highest BCUT2D eigenvalue weighted by atomic mass is 32.1. The third-order valence-electron chi connectivity index (χ3n) is 4.04. The smallest absolute Gasteiger partial charge is 0.271 e. The molecule has 1 aliphatic rings. The van der Waals surface area contributed by atoms with E-state index in [1.165, 1.54) is 11.3 Å². The highest BCUT2D eigenvalue weighted by Gasteiger charge is 2.22. The molecule has 0 fully saturated rings. The topological polar surface area (TPSA) is 68.1 Å². The van der Waals surface area contributed by atoms with Crippen molar-refractivity contribution in [3.05, 3.63) is 57.7 Å². The Kier molecular flexibility index (Phi) is 3.42. The number of nitrogens with zero attached hydrogens (tertiary/aromatic N) is 4. The van der Waals surface area contributed by atoms with Gasteiger partial charge in [0.1, 0.15) is 10.5 Å². The van der Waals surface area contributed by atoms with Gasteiger partial charge in [-0.2, -0.15) is 0 Å². The van der Waals surface area contributed by atoms with Crippen LogP contribution < -0.4 is 5.56 Å². The second-order valence-corrected chi connectivity index (χ2v) is 6.32. The third kappa shape index (κ3) is 2.43. The van der Waals surface area contributed by atoms with Crippen LogP contribution in [-0.2, 0) is 13.0 Å². The molecule has 3 aromatic heterocycles.